The Kier molecular flexibility index (Phi) is 6.78. The third-order valence-corrected chi connectivity index (χ3v) is 8.28. The number of benzene rings is 2. The zero-order valence-corrected chi connectivity index (χ0v) is 18.9. The summed E-state index contributed by atoms with van der Waals surface area (Å²) < 4.78 is 48.5. The number of hydrogen-bond acceptors (Lipinski definition) is 5. The van der Waals surface area contributed by atoms with Crippen LogP contribution in [0.1, 0.15) is 23.3 Å². The number of anilines is 1. The number of piperazine rings is 1. The average Bonchev–Trinajstić information content (AvgIpc) is 2.93. The van der Waals surface area contributed by atoms with E-state index in [-0.39, 0.29) is 32.2 Å². The molecule has 2 aromatic carbocycles. The van der Waals surface area contributed by atoms with Crippen LogP contribution in [0.15, 0.2) is 48.5 Å². The summed E-state index contributed by atoms with van der Waals surface area (Å²) in [6.45, 7) is 4.51. The highest BCUT2D eigenvalue weighted by molar-refractivity contribution is 7.89. The molecule has 0 N–H and O–H groups in total. The largest absolute Gasteiger partial charge is 0.378 e. The summed E-state index contributed by atoms with van der Waals surface area (Å²) >= 11 is 0. The third kappa shape index (κ3) is 4.79. The molecule has 2 saturated heterocycles. The Balaban J connectivity index is 1.50. The smallest absolute Gasteiger partial charge is 0.223 e. The molecular formula is C23H28FN3O4S. The number of hydrogen-bond donors (Lipinski definition) is 0. The van der Waals surface area contributed by atoms with E-state index in [4.69, 9.17) is 4.74 Å². The van der Waals surface area contributed by atoms with Crippen LogP contribution in [-0.4, -0.2) is 69.5 Å². The topological polar surface area (TPSA) is 70.2 Å². The summed E-state index contributed by atoms with van der Waals surface area (Å²) in [5.74, 6) is -0.393. The van der Waals surface area contributed by atoms with Gasteiger partial charge in [0.15, 0.2) is 0 Å². The minimum absolute atomic E-state index is 0.0424. The summed E-state index contributed by atoms with van der Waals surface area (Å²) in [4.78, 5) is 15.3. The predicted molar refractivity (Wildman–Crippen MR) is 120 cm³/mol. The monoisotopic (exact) mass is 461 g/mol. The molecule has 2 fully saturated rings. The Hall–Kier alpha value is -2.49. The fourth-order valence-electron chi connectivity index (χ4n) is 4.19. The lowest BCUT2D eigenvalue weighted by atomic mass is 10.1. The van der Waals surface area contributed by atoms with Crippen molar-refractivity contribution in [1.29, 1.82) is 0 Å². The molecular weight excluding hydrogens is 433 g/mol. The Morgan fingerprint density at radius 2 is 1.78 bits per heavy atom. The minimum atomic E-state index is -3.72. The number of carbonyl (C=O) groups is 1. The van der Waals surface area contributed by atoms with Crippen LogP contribution in [0.25, 0.3) is 0 Å². The number of halogens is 1. The van der Waals surface area contributed by atoms with Crippen molar-refractivity contribution in [2.24, 2.45) is 0 Å². The number of carbonyl (C=O) groups excluding carboxylic acids is 1. The van der Waals surface area contributed by atoms with E-state index in [1.54, 1.807) is 42.2 Å². The molecule has 2 aliphatic rings. The second-order valence-electron chi connectivity index (χ2n) is 8.12. The van der Waals surface area contributed by atoms with Crippen LogP contribution in [0.4, 0.5) is 10.1 Å². The molecule has 0 unspecified atom stereocenters. The van der Waals surface area contributed by atoms with Crippen molar-refractivity contribution in [3.8, 4) is 0 Å². The van der Waals surface area contributed by atoms with Gasteiger partial charge in [0, 0.05) is 57.4 Å². The highest BCUT2D eigenvalue weighted by atomic mass is 32.2. The molecule has 9 heteroatoms. The highest BCUT2D eigenvalue weighted by Gasteiger charge is 2.36. The first-order chi connectivity index (χ1) is 15.4. The number of sulfonamides is 1. The fraction of sp³-hybridized carbons (Fsp3) is 0.435. The van der Waals surface area contributed by atoms with Gasteiger partial charge in [-0.05, 0) is 17.7 Å². The Morgan fingerprint density at radius 1 is 1.06 bits per heavy atom. The van der Waals surface area contributed by atoms with E-state index < -0.39 is 21.1 Å². The molecule has 2 aliphatic heterocycles. The molecule has 1 atom stereocenters. The zero-order valence-electron chi connectivity index (χ0n) is 18.1. The van der Waals surface area contributed by atoms with E-state index in [2.05, 4.69) is 0 Å². The van der Waals surface area contributed by atoms with E-state index in [0.29, 0.717) is 37.3 Å². The van der Waals surface area contributed by atoms with Crippen molar-refractivity contribution in [3.63, 3.8) is 0 Å². The molecule has 0 radical (unpaired) electrons. The summed E-state index contributed by atoms with van der Waals surface area (Å²) in [6, 6.07) is 13.9. The quantitative estimate of drug-likeness (QED) is 0.699. The van der Waals surface area contributed by atoms with Gasteiger partial charge in [0.1, 0.15) is 11.1 Å². The van der Waals surface area contributed by atoms with E-state index in [1.165, 1.54) is 10.4 Å². The summed E-state index contributed by atoms with van der Waals surface area (Å²) in [5, 5.41) is -0.814. The van der Waals surface area contributed by atoms with Gasteiger partial charge in [-0.2, -0.15) is 4.31 Å². The Bertz CT molecular complexity index is 1060. The Morgan fingerprint density at radius 3 is 2.44 bits per heavy atom. The molecule has 1 amide bonds. The van der Waals surface area contributed by atoms with Crippen molar-refractivity contribution in [3.05, 3.63) is 65.5 Å². The molecule has 32 heavy (non-hydrogen) atoms. The maximum absolute atomic E-state index is 15.0. The van der Waals surface area contributed by atoms with E-state index >= 15 is 0 Å². The second-order valence-corrected chi connectivity index (χ2v) is 10.2. The van der Waals surface area contributed by atoms with Crippen molar-refractivity contribution in [1.82, 2.24) is 9.21 Å². The predicted octanol–water partition coefficient (Wildman–Crippen LogP) is 2.40. The van der Waals surface area contributed by atoms with Crippen LogP contribution in [0, 0.1) is 5.82 Å². The van der Waals surface area contributed by atoms with Gasteiger partial charge in [-0.25, -0.2) is 12.8 Å². The number of rotatable bonds is 4. The van der Waals surface area contributed by atoms with Crippen LogP contribution >= 0.6 is 0 Å². The number of ether oxygens (including phenoxy) is 1. The SMILES string of the molecule is CC(=O)N1CCN(c2ccc(CN3CCOC[C@H](c4ccccc4)S3(=O)=O)c(F)c2)CC1. The van der Waals surface area contributed by atoms with Crippen LogP contribution in [0.2, 0.25) is 0 Å². The van der Waals surface area contributed by atoms with Crippen molar-refractivity contribution in [2.75, 3.05) is 50.8 Å². The third-order valence-electron chi connectivity index (χ3n) is 6.12. The first-order valence-electron chi connectivity index (χ1n) is 10.8. The van der Waals surface area contributed by atoms with Gasteiger partial charge < -0.3 is 14.5 Å². The molecule has 0 saturated carbocycles. The van der Waals surface area contributed by atoms with Gasteiger partial charge in [0.2, 0.25) is 15.9 Å². The van der Waals surface area contributed by atoms with Crippen LogP contribution in [0.3, 0.4) is 0 Å². The lowest BCUT2D eigenvalue weighted by molar-refractivity contribution is -0.129. The number of amides is 1. The highest BCUT2D eigenvalue weighted by Crippen LogP contribution is 2.30. The van der Waals surface area contributed by atoms with E-state index in [1.807, 2.05) is 17.0 Å². The Labute approximate surface area is 188 Å². The number of nitrogens with zero attached hydrogens (tertiary/aromatic N) is 3. The zero-order chi connectivity index (χ0) is 22.7. The standard InChI is InChI=1S/C23H28FN3O4S/c1-18(28)25-9-11-26(12-10-25)21-8-7-20(22(24)15-21)16-27-13-14-31-17-23(32(27,29)30)19-5-3-2-4-6-19/h2-8,15,23H,9-14,16-17H2,1H3/t23-/m1/s1. The maximum Gasteiger partial charge on any atom is 0.223 e. The van der Waals surface area contributed by atoms with Crippen LogP contribution in [-0.2, 0) is 26.1 Å². The van der Waals surface area contributed by atoms with Crippen molar-refractivity contribution >= 4 is 21.6 Å². The maximum atomic E-state index is 15.0. The molecule has 0 aliphatic carbocycles. The van der Waals surface area contributed by atoms with Crippen LogP contribution < -0.4 is 4.90 Å². The molecule has 2 aromatic rings. The van der Waals surface area contributed by atoms with Crippen LogP contribution in [0.5, 0.6) is 0 Å². The molecule has 7 nitrogen and oxygen atoms in total. The first kappa shape index (κ1) is 22.7. The molecule has 0 bridgehead atoms. The normalized spacial score (nSPS) is 21.9. The summed E-state index contributed by atoms with van der Waals surface area (Å²) in [7, 11) is -3.72. The fourth-order valence-corrected chi connectivity index (χ4v) is 5.96. The molecule has 4 rings (SSSR count). The van der Waals surface area contributed by atoms with E-state index in [9.17, 15) is 17.6 Å². The molecule has 2 heterocycles. The molecule has 0 aromatic heterocycles. The minimum Gasteiger partial charge on any atom is -0.378 e. The van der Waals surface area contributed by atoms with Gasteiger partial charge in [-0.15, -0.1) is 0 Å². The average molecular weight is 462 g/mol. The van der Waals surface area contributed by atoms with Gasteiger partial charge >= 0.3 is 0 Å². The van der Waals surface area contributed by atoms with Gasteiger partial charge in [0.05, 0.1) is 13.2 Å². The summed E-state index contributed by atoms with van der Waals surface area (Å²) in [6.07, 6.45) is 0. The summed E-state index contributed by atoms with van der Waals surface area (Å²) in [5.41, 5.74) is 1.73. The lowest BCUT2D eigenvalue weighted by Crippen LogP contribution is -2.48. The van der Waals surface area contributed by atoms with E-state index in [0.717, 1.165) is 5.69 Å². The van der Waals surface area contributed by atoms with Gasteiger partial charge in [0.25, 0.3) is 0 Å². The second kappa shape index (κ2) is 9.56. The molecule has 172 valence electrons. The first-order valence-corrected chi connectivity index (χ1v) is 12.3. The van der Waals surface area contributed by atoms with Crippen molar-refractivity contribution in [2.45, 2.75) is 18.7 Å². The van der Waals surface area contributed by atoms with Gasteiger partial charge in [-0.3, -0.25) is 4.79 Å². The van der Waals surface area contributed by atoms with Gasteiger partial charge in [-0.1, -0.05) is 36.4 Å². The lowest BCUT2D eigenvalue weighted by Gasteiger charge is -2.35. The molecule has 0 spiro atoms. The van der Waals surface area contributed by atoms with Crippen molar-refractivity contribution < 1.29 is 22.3 Å².